The second-order valence-corrected chi connectivity index (χ2v) is 2.19. The zero-order valence-electron chi connectivity index (χ0n) is 5.63. The Kier molecular flexibility index (Phi) is 2.21. The Morgan fingerprint density at radius 2 is 2.50 bits per heavy atom. The first-order valence-corrected chi connectivity index (χ1v) is 3.05. The zero-order valence-corrected chi connectivity index (χ0v) is 5.63. The van der Waals surface area contributed by atoms with E-state index in [1.54, 1.807) is 12.4 Å². The van der Waals surface area contributed by atoms with Crippen LogP contribution in [-0.4, -0.2) is 30.0 Å². The Bertz CT molecular complexity index is 135. The molecule has 58 valence electrons. The lowest BCUT2D eigenvalue weighted by Gasteiger charge is -2.07. The van der Waals surface area contributed by atoms with Crippen LogP contribution >= 0.6 is 0 Å². The molecule has 0 bridgehead atoms. The minimum atomic E-state index is -0.449. The summed E-state index contributed by atoms with van der Waals surface area (Å²) in [7, 11) is 0. The van der Waals surface area contributed by atoms with Gasteiger partial charge in [-0.1, -0.05) is 0 Å². The molecule has 0 spiro atoms. The summed E-state index contributed by atoms with van der Waals surface area (Å²) in [5.74, 6) is -0.449. The van der Waals surface area contributed by atoms with Gasteiger partial charge in [-0.15, -0.1) is 0 Å². The molecule has 2 atom stereocenters. The summed E-state index contributed by atoms with van der Waals surface area (Å²) in [6, 6.07) is -0.405. The monoisotopic (exact) mass is 146 g/mol. The molecule has 0 aliphatic carbocycles. The van der Waals surface area contributed by atoms with Crippen LogP contribution in [0.3, 0.4) is 0 Å². The van der Waals surface area contributed by atoms with Gasteiger partial charge in [0.2, 0.25) is 0 Å². The smallest absolute Gasteiger partial charge is 0.260 e. The lowest BCUT2D eigenvalue weighted by molar-refractivity contribution is -0.131. The molecule has 2 unspecified atom stereocenters. The molecular formula is C5H10N2O3. The standard InChI is InChI=1S/C5H10N2O3/c1-3(5(8)7-9)6-4-2-10-4/h3-4,6,9H,2H2,1H3,(H,7,8). The molecule has 1 rings (SSSR count). The number of carbonyl (C=O) groups is 1. The van der Waals surface area contributed by atoms with Crippen molar-refractivity contribution in [3.8, 4) is 0 Å². The maximum atomic E-state index is 10.6. The zero-order chi connectivity index (χ0) is 7.56. The van der Waals surface area contributed by atoms with E-state index in [1.807, 2.05) is 0 Å². The fourth-order valence-electron chi connectivity index (χ4n) is 0.596. The molecule has 10 heavy (non-hydrogen) atoms. The molecule has 0 aromatic rings. The Morgan fingerprint density at radius 3 is 2.90 bits per heavy atom. The fraction of sp³-hybridized carbons (Fsp3) is 0.800. The topological polar surface area (TPSA) is 73.9 Å². The van der Waals surface area contributed by atoms with E-state index in [1.165, 1.54) is 0 Å². The lowest BCUT2D eigenvalue weighted by Crippen LogP contribution is -2.42. The number of epoxide rings is 1. The summed E-state index contributed by atoms with van der Waals surface area (Å²) in [5.41, 5.74) is 1.54. The van der Waals surface area contributed by atoms with Gasteiger partial charge < -0.3 is 4.74 Å². The Labute approximate surface area is 58.3 Å². The third-order valence-electron chi connectivity index (χ3n) is 1.27. The summed E-state index contributed by atoms with van der Waals surface area (Å²) in [5, 5.41) is 11.0. The first kappa shape index (κ1) is 7.46. The molecule has 0 aromatic heterocycles. The van der Waals surface area contributed by atoms with Gasteiger partial charge in [0, 0.05) is 0 Å². The number of hydrogen-bond acceptors (Lipinski definition) is 4. The van der Waals surface area contributed by atoms with Gasteiger partial charge in [-0.25, -0.2) is 5.48 Å². The highest BCUT2D eigenvalue weighted by molar-refractivity contribution is 5.80. The third kappa shape index (κ3) is 1.94. The van der Waals surface area contributed by atoms with Crippen molar-refractivity contribution in [2.75, 3.05) is 6.61 Å². The van der Waals surface area contributed by atoms with Crippen LogP contribution in [0, 0.1) is 0 Å². The van der Waals surface area contributed by atoms with Gasteiger partial charge in [-0.05, 0) is 6.92 Å². The fourth-order valence-corrected chi connectivity index (χ4v) is 0.596. The highest BCUT2D eigenvalue weighted by Gasteiger charge is 2.26. The van der Waals surface area contributed by atoms with E-state index in [0.717, 1.165) is 0 Å². The third-order valence-corrected chi connectivity index (χ3v) is 1.27. The van der Waals surface area contributed by atoms with Crippen LogP contribution in [0.1, 0.15) is 6.92 Å². The van der Waals surface area contributed by atoms with Gasteiger partial charge in [-0.2, -0.15) is 0 Å². The summed E-state index contributed by atoms with van der Waals surface area (Å²) in [6.45, 7) is 2.29. The first-order chi connectivity index (χ1) is 4.74. The minimum Gasteiger partial charge on any atom is -0.357 e. The Balaban J connectivity index is 2.18. The quantitative estimate of drug-likeness (QED) is 0.266. The SMILES string of the molecule is CC(NC1CO1)C(=O)NO. The number of rotatable bonds is 3. The minimum absolute atomic E-state index is 0.00713. The number of hydroxylamine groups is 1. The maximum absolute atomic E-state index is 10.6. The van der Waals surface area contributed by atoms with Crippen LogP contribution in [0.4, 0.5) is 0 Å². The number of nitrogens with one attached hydrogen (secondary N) is 2. The Morgan fingerprint density at radius 1 is 1.90 bits per heavy atom. The first-order valence-electron chi connectivity index (χ1n) is 3.05. The molecule has 1 heterocycles. The van der Waals surface area contributed by atoms with Gasteiger partial charge in [0.25, 0.3) is 5.91 Å². The average molecular weight is 146 g/mol. The van der Waals surface area contributed by atoms with Crippen LogP contribution in [0.25, 0.3) is 0 Å². The van der Waals surface area contributed by atoms with E-state index in [0.29, 0.717) is 6.61 Å². The van der Waals surface area contributed by atoms with E-state index in [9.17, 15) is 4.79 Å². The summed E-state index contributed by atoms with van der Waals surface area (Å²) < 4.78 is 4.80. The molecule has 1 fully saturated rings. The van der Waals surface area contributed by atoms with Crippen molar-refractivity contribution in [2.45, 2.75) is 19.2 Å². The second-order valence-electron chi connectivity index (χ2n) is 2.19. The highest BCUT2D eigenvalue weighted by Crippen LogP contribution is 2.04. The van der Waals surface area contributed by atoms with E-state index in [-0.39, 0.29) is 6.23 Å². The van der Waals surface area contributed by atoms with Crippen molar-refractivity contribution in [3.63, 3.8) is 0 Å². The van der Waals surface area contributed by atoms with Gasteiger partial charge >= 0.3 is 0 Å². The van der Waals surface area contributed by atoms with Crippen molar-refractivity contribution >= 4 is 5.91 Å². The van der Waals surface area contributed by atoms with Crippen molar-refractivity contribution in [2.24, 2.45) is 0 Å². The van der Waals surface area contributed by atoms with Crippen LogP contribution in [0.15, 0.2) is 0 Å². The Hall–Kier alpha value is -0.650. The molecule has 1 aliphatic heterocycles. The predicted octanol–water partition coefficient (Wildman–Crippen LogP) is -1.17. The van der Waals surface area contributed by atoms with E-state index >= 15 is 0 Å². The normalized spacial score (nSPS) is 25.6. The highest BCUT2D eigenvalue weighted by atomic mass is 16.6. The summed E-state index contributed by atoms with van der Waals surface area (Å²) in [4.78, 5) is 10.6. The molecule has 0 aromatic carbocycles. The molecular weight excluding hydrogens is 136 g/mol. The molecule has 3 N–H and O–H groups in total. The molecule has 5 nitrogen and oxygen atoms in total. The number of carbonyl (C=O) groups excluding carboxylic acids is 1. The van der Waals surface area contributed by atoms with Crippen molar-refractivity contribution in [3.05, 3.63) is 0 Å². The second kappa shape index (κ2) is 2.96. The van der Waals surface area contributed by atoms with Crippen LogP contribution in [0.2, 0.25) is 0 Å². The van der Waals surface area contributed by atoms with Crippen LogP contribution < -0.4 is 10.8 Å². The van der Waals surface area contributed by atoms with Crippen LogP contribution in [-0.2, 0) is 9.53 Å². The molecule has 1 saturated heterocycles. The van der Waals surface area contributed by atoms with Crippen LogP contribution in [0.5, 0.6) is 0 Å². The molecule has 0 radical (unpaired) electrons. The molecule has 0 saturated carbocycles. The number of hydrogen-bond donors (Lipinski definition) is 3. The van der Waals surface area contributed by atoms with Gasteiger partial charge in [0.1, 0.15) is 6.23 Å². The summed E-state index contributed by atoms with van der Waals surface area (Å²) >= 11 is 0. The molecule has 1 aliphatic rings. The van der Waals surface area contributed by atoms with Crippen molar-refractivity contribution < 1.29 is 14.7 Å². The lowest BCUT2D eigenvalue weighted by atomic mass is 10.3. The molecule has 5 heteroatoms. The van der Waals surface area contributed by atoms with E-state index in [2.05, 4.69) is 5.32 Å². The van der Waals surface area contributed by atoms with Crippen molar-refractivity contribution in [1.29, 1.82) is 0 Å². The van der Waals surface area contributed by atoms with Gasteiger partial charge in [-0.3, -0.25) is 15.3 Å². The molecule has 1 amide bonds. The van der Waals surface area contributed by atoms with Crippen molar-refractivity contribution in [1.82, 2.24) is 10.8 Å². The average Bonchev–Trinajstić information content (AvgIpc) is 2.70. The predicted molar refractivity (Wildman–Crippen MR) is 32.3 cm³/mol. The maximum Gasteiger partial charge on any atom is 0.260 e. The van der Waals surface area contributed by atoms with Gasteiger partial charge in [0.05, 0.1) is 12.6 Å². The number of amides is 1. The van der Waals surface area contributed by atoms with E-state index in [4.69, 9.17) is 9.94 Å². The van der Waals surface area contributed by atoms with E-state index < -0.39 is 11.9 Å². The largest absolute Gasteiger partial charge is 0.357 e. The number of ether oxygens (including phenoxy) is 1. The van der Waals surface area contributed by atoms with Gasteiger partial charge in [0.15, 0.2) is 0 Å². The summed E-state index contributed by atoms with van der Waals surface area (Å²) in [6.07, 6.45) is -0.00713.